The molecule has 1 aliphatic rings. The Morgan fingerprint density at radius 1 is 1.29 bits per heavy atom. The van der Waals surface area contributed by atoms with Crippen molar-refractivity contribution in [3.8, 4) is 11.5 Å². The van der Waals surface area contributed by atoms with Gasteiger partial charge in [-0.05, 0) is 50.6 Å². The van der Waals surface area contributed by atoms with Crippen molar-refractivity contribution in [2.75, 3.05) is 17.7 Å². The maximum Gasteiger partial charge on any atom is 0.573 e. The van der Waals surface area contributed by atoms with Gasteiger partial charge in [0.05, 0.1) is 18.6 Å². The van der Waals surface area contributed by atoms with E-state index in [1.54, 1.807) is 18.2 Å². The fraction of sp³-hybridized carbons (Fsp3) is 0.381. The number of nitrogens with one attached hydrogen (secondary N) is 2. The van der Waals surface area contributed by atoms with Gasteiger partial charge in [-0.15, -0.1) is 13.2 Å². The molecule has 0 radical (unpaired) electrons. The SMILES string of the molecule is CC(C)(C(=N)N)S(=O)(=O)CC1CCOc2ccc(NC(=O)c3ccc(OC(F)(F)F)cn3)cc21. The van der Waals surface area contributed by atoms with Crippen LogP contribution in [0.1, 0.15) is 42.2 Å². The number of hydrogen-bond acceptors (Lipinski definition) is 7. The van der Waals surface area contributed by atoms with Crippen molar-refractivity contribution in [1.82, 2.24) is 4.98 Å². The predicted molar refractivity (Wildman–Crippen MR) is 118 cm³/mol. The molecule has 1 aromatic carbocycles. The van der Waals surface area contributed by atoms with Gasteiger partial charge in [-0.25, -0.2) is 13.4 Å². The van der Waals surface area contributed by atoms with E-state index in [1.807, 2.05) is 0 Å². The summed E-state index contributed by atoms with van der Waals surface area (Å²) < 4.78 is 70.4. The van der Waals surface area contributed by atoms with Crippen LogP contribution >= 0.6 is 0 Å². The van der Waals surface area contributed by atoms with Crippen LogP contribution in [0.5, 0.6) is 11.5 Å². The second-order valence-electron chi connectivity index (χ2n) is 8.17. The van der Waals surface area contributed by atoms with Gasteiger partial charge in [-0.3, -0.25) is 10.2 Å². The van der Waals surface area contributed by atoms with Crippen molar-refractivity contribution < 1.29 is 35.9 Å². The first-order chi connectivity index (χ1) is 15.7. The number of rotatable bonds is 7. The number of hydrogen-bond donors (Lipinski definition) is 3. The highest BCUT2D eigenvalue weighted by Gasteiger charge is 2.40. The number of carbonyl (C=O) groups excluding carboxylic acids is 1. The monoisotopic (exact) mass is 500 g/mol. The maximum atomic E-state index is 12.9. The molecule has 0 spiro atoms. The van der Waals surface area contributed by atoms with Gasteiger partial charge in [0, 0.05) is 17.2 Å². The molecule has 1 amide bonds. The van der Waals surface area contributed by atoms with Crippen molar-refractivity contribution in [2.24, 2.45) is 5.73 Å². The van der Waals surface area contributed by atoms with E-state index >= 15 is 0 Å². The Kier molecular flexibility index (Phi) is 6.78. The Bertz CT molecular complexity index is 1200. The summed E-state index contributed by atoms with van der Waals surface area (Å²) in [6, 6.07) is 6.77. The molecule has 1 atom stereocenters. The molecule has 1 aliphatic heterocycles. The average molecular weight is 500 g/mol. The number of nitrogens with zero attached hydrogens (tertiary/aromatic N) is 1. The zero-order valence-corrected chi connectivity index (χ0v) is 19.1. The molecule has 4 N–H and O–H groups in total. The van der Waals surface area contributed by atoms with Crippen molar-refractivity contribution >= 4 is 27.3 Å². The van der Waals surface area contributed by atoms with Crippen molar-refractivity contribution in [3.63, 3.8) is 0 Å². The molecule has 1 unspecified atom stereocenters. The van der Waals surface area contributed by atoms with E-state index in [0.717, 1.165) is 18.3 Å². The molecule has 3 rings (SSSR count). The summed E-state index contributed by atoms with van der Waals surface area (Å²) in [5, 5.41) is 10.2. The van der Waals surface area contributed by atoms with Gasteiger partial charge < -0.3 is 20.5 Å². The van der Waals surface area contributed by atoms with Crippen LogP contribution in [-0.2, 0) is 9.84 Å². The summed E-state index contributed by atoms with van der Waals surface area (Å²) in [4.78, 5) is 16.2. The number of amides is 1. The van der Waals surface area contributed by atoms with Crippen molar-refractivity contribution in [1.29, 1.82) is 5.41 Å². The number of ether oxygens (including phenoxy) is 2. The van der Waals surface area contributed by atoms with E-state index in [2.05, 4.69) is 15.0 Å². The quantitative estimate of drug-likeness (QED) is 0.391. The number of halogens is 3. The number of anilines is 1. The lowest BCUT2D eigenvalue weighted by atomic mass is 9.94. The molecule has 13 heteroatoms. The minimum absolute atomic E-state index is 0.147. The molecule has 0 bridgehead atoms. The maximum absolute atomic E-state index is 12.9. The fourth-order valence-electron chi connectivity index (χ4n) is 3.26. The molecule has 2 heterocycles. The third kappa shape index (κ3) is 5.58. The van der Waals surface area contributed by atoms with Gasteiger partial charge in [0.15, 0.2) is 9.84 Å². The van der Waals surface area contributed by atoms with E-state index in [1.165, 1.54) is 13.8 Å². The highest BCUT2D eigenvalue weighted by atomic mass is 32.2. The first kappa shape index (κ1) is 25.3. The lowest BCUT2D eigenvalue weighted by Crippen LogP contribution is -2.47. The molecular weight excluding hydrogens is 477 g/mol. The lowest BCUT2D eigenvalue weighted by Gasteiger charge is -2.30. The normalized spacial score (nSPS) is 16.2. The first-order valence-electron chi connectivity index (χ1n) is 10.1. The van der Waals surface area contributed by atoms with Crippen LogP contribution in [0.25, 0.3) is 0 Å². The highest BCUT2D eigenvalue weighted by molar-refractivity contribution is 7.93. The molecule has 0 fully saturated rings. The number of fused-ring (bicyclic) bond motifs is 1. The smallest absolute Gasteiger partial charge is 0.493 e. The number of nitrogens with two attached hydrogens (primary N) is 1. The number of aromatic nitrogens is 1. The molecule has 184 valence electrons. The molecule has 0 aliphatic carbocycles. The van der Waals surface area contributed by atoms with Crippen LogP contribution in [0.2, 0.25) is 0 Å². The summed E-state index contributed by atoms with van der Waals surface area (Å²) >= 11 is 0. The summed E-state index contributed by atoms with van der Waals surface area (Å²) in [6.07, 6.45) is -3.69. The summed E-state index contributed by atoms with van der Waals surface area (Å²) in [6.45, 7) is 3.05. The third-order valence-corrected chi connectivity index (χ3v) is 8.10. The van der Waals surface area contributed by atoms with E-state index in [-0.39, 0.29) is 11.4 Å². The summed E-state index contributed by atoms with van der Waals surface area (Å²) in [5.74, 6) is -1.96. The molecular formula is C21H23F3N4O5S. The second-order valence-corrected chi connectivity index (χ2v) is 10.8. The Morgan fingerprint density at radius 2 is 2.00 bits per heavy atom. The Labute approximate surface area is 193 Å². The summed E-state index contributed by atoms with van der Waals surface area (Å²) in [5.41, 5.74) is 6.23. The van der Waals surface area contributed by atoms with Gasteiger partial charge in [0.1, 0.15) is 27.8 Å². The highest BCUT2D eigenvalue weighted by Crippen LogP contribution is 2.38. The predicted octanol–water partition coefficient (Wildman–Crippen LogP) is 3.23. The fourth-order valence-corrected chi connectivity index (χ4v) is 4.89. The minimum Gasteiger partial charge on any atom is -0.493 e. The van der Waals surface area contributed by atoms with Gasteiger partial charge in [0.25, 0.3) is 5.91 Å². The number of alkyl halides is 3. The van der Waals surface area contributed by atoms with Crippen LogP contribution < -0.4 is 20.5 Å². The van der Waals surface area contributed by atoms with Gasteiger partial charge in [-0.1, -0.05) is 0 Å². The van der Waals surface area contributed by atoms with Gasteiger partial charge in [0.2, 0.25) is 0 Å². The Morgan fingerprint density at radius 3 is 2.59 bits per heavy atom. The molecule has 1 aromatic heterocycles. The largest absolute Gasteiger partial charge is 0.573 e. The summed E-state index contributed by atoms with van der Waals surface area (Å²) in [7, 11) is -3.79. The third-order valence-electron chi connectivity index (χ3n) is 5.48. The molecule has 9 nitrogen and oxygen atoms in total. The number of sulfone groups is 1. The zero-order valence-electron chi connectivity index (χ0n) is 18.3. The first-order valence-corrected chi connectivity index (χ1v) is 11.7. The van der Waals surface area contributed by atoms with Crippen LogP contribution in [0.4, 0.5) is 18.9 Å². The van der Waals surface area contributed by atoms with Gasteiger partial charge in [-0.2, -0.15) is 0 Å². The average Bonchev–Trinajstić information content (AvgIpc) is 2.73. The van der Waals surface area contributed by atoms with Crippen LogP contribution in [0, 0.1) is 5.41 Å². The van der Waals surface area contributed by atoms with Crippen LogP contribution in [0.3, 0.4) is 0 Å². The molecule has 0 saturated carbocycles. The molecule has 0 saturated heterocycles. The standard InChI is InChI=1S/C21H23F3N4O5S/c1-20(2,19(25)26)34(30,31)11-12-7-8-32-17-6-3-13(9-15(12)17)28-18(29)16-5-4-14(10-27-16)33-21(22,23)24/h3-6,9-10,12H,7-8,11H2,1-2H3,(H3,25,26)(H,28,29). The van der Waals surface area contributed by atoms with Gasteiger partial charge >= 0.3 is 6.36 Å². The van der Waals surface area contributed by atoms with Crippen LogP contribution in [-0.4, -0.2) is 48.6 Å². The Balaban J connectivity index is 1.79. The van der Waals surface area contributed by atoms with E-state index < -0.39 is 44.4 Å². The minimum atomic E-state index is -4.87. The second kappa shape index (κ2) is 9.12. The van der Waals surface area contributed by atoms with Crippen molar-refractivity contribution in [3.05, 3.63) is 47.8 Å². The Hall–Kier alpha value is -3.35. The number of amidine groups is 1. The lowest BCUT2D eigenvalue weighted by molar-refractivity contribution is -0.274. The van der Waals surface area contributed by atoms with E-state index in [9.17, 15) is 26.4 Å². The van der Waals surface area contributed by atoms with E-state index in [4.69, 9.17) is 15.9 Å². The van der Waals surface area contributed by atoms with Crippen molar-refractivity contribution in [2.45, 2.75) is 37.3 Å². The molecule has 2 aromatic rings. The number of pyridine rings is 1. The topological polar surface area (TPSA) is 144 Å². The molecule has 34 heavy (non-hydrogen) atoms. The zero-order chi connectivity index (χ0) is 25.3. The number of carbonyl (C=O) groups is 1. The van der Waals surface area contributed by atoms with E-state index in [0.29, 0.717) is 30.0 Å². The number of benzene rings is 1. The van der Waals surface area contributed by atoms with Crippen LogP contribution in [0.15, 0.2) is 36.5 Å².